The highest BCUT2D eigenvalue weighted by molar-refractivity contribution is 6.07. The van der Waals surface area contributed by atoms with Crippen molar-refractivity contribution >= 4 is 28.3 Å². The van der Waals surface area contributed by atoms with E-state index in [1.807, 2.05) is 51.1 Å². The molecule has 0 spiro atoms. The number of urea groups is 1. The third kappa shape index (κ3) is 3.99. The van der Waals surface area contributed by atoms with E-state index in [1.165, 1.54) is 16.7 Å². The first-order valence-electron chi connectivity index (χ1n) is 10.3. The highest BCUT2D eigenvalue weighted by Gasteiger charge is 2.19. The molecule has 0 saturated heterocycles. The van der Waals surface area contributed by atoms with Gasteiger partial charge in [-0.25, -0.2) is 9.18 Å². The molecule has 0 bridgehead atoms. The lowest BCUT2D eigenvalue weighted by atomic mass is 9.95. The molecule has 3 aromatic carbocycles. The van der Waals surface area contributed by atoms with E-state index >= 15 is 0 Å². The van der Waals surface area contributed by atoms with E-state index in [9.17, 15) is 14.0 Å². The van der Waals surface area contributed by atoms with Crippen LogP contribution in [0.2, 0.25) is 0 Å². The molecule has 0 unspecified atom stereocenters. The largest absolute Gasteiger partial charge is 0.324 e. The van der Waals surface area contributed by atoms with Crippen molar-refractivity contribution in [3.8, 4) is 11.1 Å². The smallest absolute Gasteiger partial charge is 0.308 e. The Bertz CT molecular complexity index is 1410. The predicted molar refractivity (Wildman–Crippen MR) is 128 cm³/mol. The highest BCUT2D eigenvalue weighted by Crippen LogP contribution is 2.35. The number of carbonyl (C=O) groups is 1. The van der Waals surface area contributed by atoms with Crippen molar-refractivity contribution in [3.05, 3.63) is 93.5 Å². The van der Waals surface area contributed by atoms with Crippen molar-refractivity contribution in [2.75, 3.05) is 10.6 Å². The van der Waals surface area contributed by atoms with E-state index in [4.69, 9.17) is 0 Å². The van der Waals surface area contributed by atoms with Gasteiger partial charge in [0, 0.05) is 23.7 Å². The summed E-state index contributed by atoms with van der Waals surface area (Å²) in [5, 5.41) is 6.90. The van der Waals surface area contributed by atoms with Gasteiger partial charge in [-0.05, 0) is 78.7 Å². The fourth-order valence-corrected chi connectivity index (χ4v) is 3.83. The van der Waals surface area contributed by atoms with E-state index in [2.05, 4.69) is 10.6 Å². The van der Waals surface area contributed by atoms with Gasteiger partial charge >= 0.3 is 6.03 Å². The zero-order valence-electron chi connectivity index (χ0n) is 18.4. The van der Waals surface area contributed by atoms with Gasteiger partial charge in [-0.2, -0.15) is 0 Å². The Labute approximate surface area is 185 Å². The molecule has 0 atom stereocenters. The minimum absolute atomic E-state index is 0.222. The summed E-state index contributed by atoms with van der Waals surface area (Å²) in [6, 6.07) is 16.8. The lowest BCUT2D eigenvalue weighted by Gasteiger charge is -2.19. The predicted octanol–water partition coefficient (Wildman–Crippen LogP) is 5.91. The molecule has 2 amide bonds. The monoisotopic (exact) mass is 429 g/mol. The molecule has 4 aromatic rings. The number of aromatic nitrogens is 1. The van der Waals surface area contributed by atoms with Gasteiger partial charge in [-0.15, -0.1) is 0 Å². The number of halogens is 1. The number of rotatable bonds is 3. The van der Waals surface area contributed by atoms with E-state index in [1.54, 1.807) is 25.2 Å². The summed E-state index contributed by atoms with van der Waals surface area (Å²) >= 11 is 0. The summed E-state index contributed by atoms with van der Waals surface area (Å²) in [5.41, 5.74) is 4.80. The number of carbonyl (C=O) groups excluding carboxylic acids is 1. The second kappa shape index (κ2) is 8.30. The number of benzene rings is 3. The minimum atomic E-state index is -0.475. The van der Waals surface area contributed by atoms with Crippen molar-refractivity contribution in [2.45, 2.75) is 20.8 Å². The van der Waals surface area contributed by atoms with Crippen LogP contribution in [0.25, 0.3) is 21.9 Å². The fourth-order valence-electron chi connectivity index (χ4n) is 3.83. The first-order chi connectivity index (χ1) is 15.2. The van der Waals surface area contributed by atoms with E-state index in [0.29, 0.717) is 33.4 Å². The van der Waals surface area contributed by atoms with Crippen molar-refractivity contribution in [3.63, 3.8) is 0 Å². The van der Waals surface area contributed by atoms with Crippen molar-refractivity contribution in [2.24, 2.45) is 7.05 Å². The molecule has 2 N–H and O–H groups in total. The van der Waals surface area contributed by atoms with Crippen LogP contribution in [0.1, 0.15) is 16.7 Å². The Balaban J connectivity index is 1.90. The van der Waals surface area contributed by atoms with Gasteiger partial charge in [0.2, 0.25) is 0 Å². The van der Waals surface area contributed by atoms with Crippen molar-refractivity contribution in [1.82, 2.24) is 4.57 Å². The molecule has 5 nitrogen and oxygen atoms in total. The van der Waals surface area contributed by atoms with Crippen LogP contribution in [0.15, 0.2) is 65.5 Å². The van der Waals surface area contributed by atoms with Gasteiger partial charge in [0.05, 0.1) is 0 Å². The van der Waals surface area contributed by atoms with Crippen LogP contribution in [0, 0.1) is 26.6 Å². The van der Waals surface area contributed by atoms with Gasteiger partial charge in [0.1, 0.15) is 11.6 Å². The van der Waals surface area contributed by atoms with Gasteiger partial charge in [0.15, 0.2) is 0 Å². The Morgan fingerprint density at radius 2 is 1.53 bits per heavy atom. The lowest BCUT2D eigenvalue weighted by Crippen LogP contribution is -2.27. The van der Waals surface area contributed by atoms with E-state index in [-0.39, 0.29) is 11.4 Å². The maximum Gasteiger partial charge on any atom is 0.324 e. The van der Waals surface area contributed by atoms with Gasteiger partial charge in [0.25, 0.3) is 5.56 Å². The Morgan fingerprint density at radius 1 is 0.875 bits per heavy atom. The van der Waals surface area contributed by atoms with Crippen LogP contribution in [0.4, 0.5) is 20.7 Å². The van der Waals surface area contributed by atoms with Gasteiger partial charge < -0.3 is 5.32 Å². The molecule has 0 fully saturated rings. The van der Waals surface area contributed by atoms with Crippen LogP contribution in [0.3, 0.4) is 0 Å². The van der Waals surface area contributed by atoms with Crippen LogP contribution >= 0.6 is 0 Å². The summed E-state index contributed by atoms with van der Waals surface area (Å²) < 4.78 is 15.0. The molecule has 0 saturated carbocycles. The zero-order valence-corrected chi connectivity index (χ0v) is 18.4. The number of aryl methyl sites for hydroxylation is 3. The molecule has 0 radical (unpaired) electrons. The second-order valence-electron chi connectivity index (χ2n) is 8.03. The maximum absolute atomic E-state index is 13.6. The van der Waals surface area contributed by atoms with Gasteiger partial charge in [-0.1, -0.05) is 30.3 Å². The van der Waals surface area contributed by atoms with Crippen LogP contribution in [0.5, 0.6) is 0 Å². The molecule has 32 heavy (non-hydrogen) atoms. The maximum atomic E-state index is 13.6. The van der Waals surface area contributed by atoms with Crippen molar-refractivity contribution < 1.29 is 9.18 Å². The summed E-state index contributed by atoms with van der Waals surface area (Å²) in [5.74, 6) is -0.0240. The summed E-state index contributed by atoms with van der Waals surface area (Å²) in [6.45, 7) is 5.86. The highest BCUT2D eigenvalue weighted by atomic mass is 19.1. The molecule has 0 aliphatic heterocycles. The molecule has 6 heteroatoms. The van der Waals surface area contributed by atoms with Crippen LogP contribution in [-0.2, 0) is 7.05 Å². The molecule has 1 aromatic heterocycles. The van der Waals surface area contributed by atoms with Crippen LogP contribution < -0.4 is 16.2 Å². The summed E-state index contributed by atoms with van der Waals surface area (Å²) in [4.78, 5) is 26.0. The quantitative estimate of drug-likeness (QED) is 0.425. The van der Waals surface area contributed by atoms with Crippen molar-refractivity contribution in [1.29, 1.82) is 0 Å². The molecule has 162 valence electrons. The average molecular weight is 429 g/mol. The Morgan fingerprint density at radius 3 is 2.19 bits per heavy atom. The van der Waals surface area contributed by atoms with E-state index in [0.717, 1.165) is 16.7 Å². The van der Waals surface area contributed by atoms with Crippen LogP contribution in [-0.4, -0.2) is 10.6 Å². The molecule has 4 rings (SSSR count). The molecule has 1 heterocycles. The number of pyridine rings is 1. The number of hydrogen-bond acceptors (Lipinski definition) is 2. The third-order valence-corrected chi connectivity index (χ3v) is 5.65. The standard InChI is InChI=1S/C26H24FN3O2/c1-15-6-5-7-20(12-15)28-26(32)29-24-23(18-8-10-19(27)11-9-18)21-13-16(2)17(3)14-22(21)25(31)30(24)4/h5-14H,1-4H3,(H2,28,29,32). The van der Waals surface area contributed by atoms with E-state index < -0.39 is 6.03 Å². The third-order valence-electron chi connectivity index (χ3n) is 5.65. The minimum Gasteiger partial charge on any atom is -0.308 e. The molecule has 0 aliphatic rings. The Kier molecular flexibility index (Phi) is 5.53. The first kappa shape index (κ1) is 21.3. The SMILES string of the molecule is Cc1cccc(NC(=O)Nc2c(-c3ccc(F)cc3)c3cc(C)c(C)cc3c(=O)n2C)c1. The zero-order chi connectivity index (χ0) is 23.0. The molecular formula is C26H24FN3O2. The molecular weight excluding hydrogens is 405 g/mol. The Hall–Kier alpha value is -3.93. The first-order valence-corrected chi connectivity index (χ1v) is 10.3. The topological polar surface area (TPSA) is 63.1 Å². The fraction of sp³-hybridized carbons (Fsp3) is 0.154. The summed E-state index contributed by atoms with van der Waals surface area (Å²) in [6.07, 6.45) is 0. The molecule has 0 aliphatic carbocycles. The average Bonchev–Trinajstić information content (AvgIpc) is 2.75. The number of fused-ring (bicyclic) bond motifs is 1. The summed E-state index contributed by atoms with van der Waals surface area (Å²) in [7, 11) is 1.62. The van der Waals surface area contributed by atoms with Gasteiger partial charge in [-0.3, -0.25) is 14.7 Å². The lowest BCUT2D eigenvalue weighted by molar-refractivity contribution is 0.262. The number of anilines is 2. The second-order valence-corrected chi connectivity index (χ2v) is 8.03. The number of nitrogens with one attached hydrogen (secondary N) is 2. The normalized spacial score (nSPS) is 10.9. The number of nitrogens with zero attached hydrogens (tertiary/aromatic N) is 1. The number of amides is 2. The number of hydrogen-bond donors (Lipinski definition) is 2.